The fraction of sp³-hybridized carbons (Fsp3) is 0.480. The number of amides is 1. The van der Waals surface area contributed by atoms with Crippen LogP contribution in [0.15, 0.2) is 36.5 Å². The summed E-state index contributed by atoms with van der Waals surface area (Å²) in [6.07, 6.45) is 8.43. The Morgan fingerprint density at radius 2 is 2.00 bits per heavy atom. The Morgan fingerprint density at radius 1 is 1.19 bits per heavy atom. The van der Waals surface area contributed by atoms with Gasteiger partial charge in [-0.05, 0) is 49.6 Å². The zero-order valence-corrected chi connectivity index (χ0v) is 19.2. The number of pyridine rings is 1. The molecule has 1 aliphatic carbocycles. The van der Waals surface area contributed by atoms with E-state index in [1.807, 2.05) is 23.2 Å². The van der Waals surface area contributed by atoms with Gasteiger partial charge in [0.05, 0.1) is 26.3 Å². The van der Waals surface area contributed by atoms with Gasteiger partial charge in [0, 0.05) is 18.8 Å². The van der Waals surface area contributed by atoms with Crippen LogP contribution in [0.25, 0.3) is 11.2 Å². The molecule has 0 radical (unpaired) electrons. The van der Waals surface area contributed by atoms with Gasteiger partial charge < -0.3 is 18.9 Å². The average Bonchev–Trinajstić information content (AvgIpc) is 3.48. The normalized spacial score (nSPS) is 14.1. The lowest BCUT2D eigenvalue weighted by atomic mass is 10.1. The summed E-state index contributed by atoms with van der Waals surface area (Å²) >= 11 is 0. The molecule has 0 aliphatic heterocycles. The zero-order valence-electron chi connectivity index (χ0n) is 19.2. The molecule has 1 aromatic carbocycles. The van der Waals surface area contributed by atoms with Gasteiger partial charge in [0.2, 0.25) is 0 Å². The molecule has 0 N–H and O–H groups in total. The minimum absolute atomic E-state index is 0.0767. The van der Waals surface area contributed by atoms with E-state index in [4.69, 9.17) is 14.5 Å². The molecule has 2 heterocycles. The van der Waals surface area contributed by atoms with Gasteiger partial charge in [-0.15, -0.1) is 0 Å². The van der Waals surface area contributed by atoms with Crippen LogP contribution < -0.4 is 9.47 Å². The highest BCUT2D eigenvalue weighted by molar-refractivity contribution is 5.97. The first kappa shape index (κ1) is 22.1. The number of carbonyl (C=O) groups is 1. The topological polar surface area (TPSA) is 69.5 Å². The molecule has 0 saturated heterocycles. The van der Waals surface area contributed by atoms with Crippen LogP contribution in [0.4, 0.5) is 0 Å². The number of benzene rings is 1. The molecule has 0 spiro atoms. The van der Waals surface area contributed by atoms with Crippen LogP contribution in [0.2, 0.25) is 0 Å². The van der Waals surface area contributed by atoms with Gasteiger partial charge >= 0.3 is 0 Å². The Hall–Kier alpha value is -3.09. The molecule has 0 unspecified atom stereocenters. The number of fused-ring (bicyclic) bond motifs is 1. The molecule has 0 bridgehead atoms. The van der Waals surface area contributed by atoms with E-state index in [1.54, 1.807) is 32.4 Å². The van der Waals surface area contributed by atoms with E-state index in [0.717, 1.165) is 42.7 Å². The molecule has 4 rings (SSSR count). The number of unbranched alkanes of at least 4 members (excludes halogenated alkanes) is 1. The maximum Gasteiger partial charge on any atom is 0.258 e. The molecular weight excluding hydrogens is 404 g/mol. The Morgan fingerprint density at radius 3 is 2.72 bits per heavy atom. The van der Waals surface area contributed by atoms with Crippen molar-refractivity contribution in [3.05, 3.63) is 47.9 Å². The third-order valence-corrected chi connectivity index (χ3v) is 6.25. The number of imidazole rings is 1. The molecule has 7 heteroatoms. The predicted octanol–water partition coefficient (Wildman–Crippen LogP) is 5.01. The highest BCUT2D eigenvalue weighted by Gasteiger charge is 2.27. The number of rotatable bonds is 9. The van der Waals surface area contributed by atoms with Crippen molar-refractivity contribution in [2.24, 2.45) is 0 Å². The van der Waals surface area contributed by atoms with Gasteiger partial charge in [-0.25, -0.2) is 9.97 Å². The number of hydrogen-bond acceptors (Lipinski definition) is 5. The smallest absolute Gasteiger partial charge is 0.258 e. The van der Waals surface area contributed by atoms with Crippen molar-refractivity contribution < 1.29 is 14.3 Å². The minimum Gasteiger partial charge on any atom is -0.497 e. The van der Waals surface area contributed by atoms with Crippen LogP contribution in [-0.2, 0) is 6.54 Å². The average molecular weight is 437 g/mol. The number of nitrogens with zero attached hydrogens (tertiary/aromatic N) is 4. The van der Waals surface area contributed by atoms with E-state index in [2.05, 4.69) is 16.5 Å². The third kappa shape index (κ3) is 4.42. The summed E-state index contributed by atoms with van der Waals surface area (Å²) in [5.74, 6) is 2.00. The molecule has 7 nitrogen and oxygen atoms in total. The second-order valence-electron chi connectivity index (χ2n) is 8.33. The molecule has 32 heavy (non-hydrogen) atoms. The van der Waals surface area contributed by atoms with Crippen molar-refractivity contribution in [1.29, 1.82) is 0 Å². The van der Waals surface area contributed by atoms with Crippen LogP contribution >= 0.6 is 0 Å². The van der Waals surface area contributed by atoms with Gasteiger partial charge in [-0.3, -0.25) is 4.79 Å². The van der Waals surface area contributed by atoms with E-state index in [-0.39, 0.29) is 5.91 Å². The number of carbonyl (C=O) groups excluding carboxylic acids is 1. The summed E-state index contributed by atoms with van der Waals surface area (Å²) in [5.41, 5.74) is 2.30. The third-order valence-electron chi connectivity index (χ3n) is 6.25. The summed E-state index contributed by atoms with van der Waals surface area (Å²) < 4.78 is 13.1. The van der Waals surface area contributed by atoms with Crippen molar-refractivity contribution >= 4 is 17.1 Å². The van der Waals surface area contributed by atoms with E-state index >= 15 is 0 Å². The fourth-order valence-electron chi connectivity index (χ4n) is 4.56. The number of methoxy groups -OCH3 is 2. The minimum atomic E-state index is -0.0767. The number of hydrogen-bond donors (Lipinski definition) is 0. The predicted molar refractivity (Wildman–Crippen MR) is 124 cm³/mol. The summed E-state index contributed by atoms with van der Waals surface area (Å²) in [7, 11) is 3.18. The molecular formula is C25H32N4O3. The van der Waals surface area contributed by atoms with Crippen LogP contribution in [0.3, 0.4) is 0 Å². The van der Waals surface area contributed by atoms with E-state index in [9.17, 15) is 4.79 Å². The summed E-state index contributed by atoms with van der Waals surface area (Å²) in [5, 5.41) is 0. The van der Waals surface area contributed by atoms with Crippen molar-refractivity contribution in [2.45, 2.75) is 58.0 Å². The molecule has 170 valence electrons. The second kappa shape index (κ2) is 10.0. The molecule has 2 aromatic heterocycles. The largest absolute Gasteiger partial charge is 0.497 e. The van der Waals surface area contributed by atoms with Gasteiger partial charge in [0.25, 0.3) is 5.91 Å². The first-order valence-corrected chi connectivity index (χ1v) is 11.5. The monoisotopic (exact) mass is 436 g/mol. The Kier molecular flexibility index (Phi) is 6.93. The lowest BCUT2D eigenvalue weighted by molar-refractivity contribution is 0.0730. The van der Waals surface area contributed by atoms with Gasteiger partial charge in [-0.1, -0.05) is 26.2 Å². The molecule has 1 aliphatic rings. The van der Waals surface area contributed by atoms with Gasteiger partial charge in [-0.2, -0.15) is 0 Å². The van der Waals surface area contributed by atoms with E-state index in [0.29, 0.717) is 36.2 Å². The molecule has 1 amide bonds. The summed E-state index contributed by atoms with van der Waals surface area (Å²) in [6.45, 7) is 3.22. The summed E-state index contributed by atoms with van der Waals surface area (Å²) in [6, 6.07) is 9.64. The molecule has 1 saturated carbocycles. The number of ether oxygens (including phenoxy) is 2. The first-order chi connectivity index (χ1) is 15.7. The molecule has 0 atom stereocenters. The number of aromatic nitrogens is 3. The Balaban J connectivity index is 1.72. The van der Waals surface area contributed by atoms with E-state index < -0.39 is 0 Å². The van der Waals surface area contributed by atoms with Crippen molar-refractivity contribution in [3.8, 4) is 11.5 Å². The van der Waals surface area contributed by atoms with Crippen LogP contribution in [-0.4, -0.2) is 46.1 Å². The maximum atomic E-state index is 13.7. The zero-order chi connectivity index (χ0) is 22.5. The van der Waals surface area contributed by atoms with Crippen LogP contribution in [0.5, 0.6) is 11.5 Å². The highest BCUT2D eigenvalue weighted by atomic mass is 16.5. The highest BCUT2D eigenvalue weighted by Crippen LogP contribution is 2.34. The SMILES string of the molecule is CCCCN(Cc1nc2cccnc2n1C1CCCC1)C(=O)c1cc(OC)ccc1OC. The lowest BCUT2D eigenvalue weighted by Crippen LogP contribution is -2.33. The molecule has 3 aromatic rings. The van der Waals surface area contributed by atoms with E-state index in [1.165, 1.54) is 12.8 Å². The lowest BCUT2D eigenvalue weighted by Gasteiger charge is -2.25. The van der Waals surface area contributed by atoms with Gasteiger partial charge in [0.15, 0.2) is 5.65 Å². The summed E-state index contributed by atoms with van der Waals surface area (Å²) in [4.78, 5) is 25.1. The second-order valence-corrected chi connectivity index (χ2v) is 8.33. The first-order valence-electron chi connectivity index (χ1n) is 11.5. The maximum absolute atomic E-state index is 13.7. The Labute approximate surface area is 189 Å². The van der Waals surface area contributed by atoms with Crippen molar-refractivity contribution in [2.75, 3.05) is 20.8 Å². The van der Waals surface area contributed by atoms with Crippen LogP contribution in [0.1, 0.15) is 67.7 Å². The molecule has 1 fully saturated rings. The standard InChI is InChI=1S/C25H32N4O3/c1-4-5-15-28(25(30)20-16-19(31-2)12-13-22(20)32-3)17-23-27-21-11-8-14-26-24(21)29(23)18-9-6-7-10-18/h8,11-14,16,18H,4-7,9-10,15,17H2,1-3H3. The van der Waals surface area contributed by atoms with Crippen molar-refractivity contribution in [1.82, 2.24) is 19.4 Å². The van der Waals surface area contributed by atoms with Crippen molar-refractivity contribution in [3.63, 3.8) is 0 Å². The Bertz CT molecular complexity index is 1070. The fourth-order valence-corrected chi connectivity index (χ4v) is 4.56. The van der Waals surface area contributed by atoms with Gasteiger partial charge in [0.1, 0.15) is 22.8 Å². The van der Waals surface area contributed by atoms with Crippen LogP contribution in [0, 0.1) is 0 Å². The quantitative estimate of drug-likeness (QED) is 0.472.